The maximum absolute atomic E-state index is 2.30. The van der Waals surface area contributed by atoms with Gasteiger partial charge in [-0.1, -0.05) is 52.4 Å². The molecule has 0 saturated heterocycles. The molecular weight excluding hydrogens is 218 g/mol. The molecule has 0 aliphatic carbocycles. The fourth-order valence-corrected chi connectivity index (χ4v) is 2.25. The van der Waals surface area contributed by atoms with Gasteiger partial charge in [0.1, 0.15) is 6.54 Å². The summed E-state index contributed by atoms with van der Waals surface area (Å²) in [6.45, 7) is 5.68. The Morgan fingerprint density at radius 3 is 2.06 bits per heavy atom. The normalized spacial score (nSPS) is 10.8. The van der Waals surface area contributed by atoms with Crippen LogP contribution in [0.4, 0.5) is 0 Å². The maximum atomic E-state index is 2.30. The topological polar surface area (TPSA) is 3.88 Å². The molecule has 18 heavy (non-hydrogen) atoms. The number of unbranched alkanes of at least 4 members (excludes halogenated alkanes) is 6. The van der Waals surface area contributed by atoms with Crippen LogP contribution in [0.3, 0.4) is 0 Å². The first kappa shape index (κ1) is 15.2. The van der Waals surface area contributed by atoms with E-state index in [0.717, 1.165) is 6.54 Å². The smallest absolute Gasteiger partial charge is 0.169 e. The standard InChI is InChI=1S/C17H30N/c1-3-5-7-8-9-10-11-17-12-15-18(16-13-17)14-6-4-2/h12-13,15-16H,3-11,14H2,1-2H3/q+1. The lowest BCUT2D eigenvalue weighted by Crippen LogP contribution is -2.32. The zero-order valence-electron chi connectivity index (χ0n) is 12.3. The van der Waals surface area contributed by atoms with Crippen LogP contribution in [0, 0.1) is 0 Å². The third-order valence-electron chi connectivity index (χ3n) is 3.55. The molecule has 0 atom stereocenters. The minimum Gasteiger partial charge on any atom is -0.205 e. The van der Waals surface area contributed by atoms with E-state index in [2.05, 4.69) is 42.9 Å². The molecule has 0 N–H and O–H groups in total. The van der Waals surface area contributed by atoms with Crippen LogP contribution in [-0.4, -0.2) is 0 Å². The predicted molar refractivity (Wildman–Crippen MR) is 78.6 cm³/mol. The van der Waals surface area contributed by atoms with Crippen LogP contribution in [-0.2, 0) is 13.0 Å². The van der Waals surface area contributed by atoms with E-state index in [1.54, 1.807) is 0 Å². The Bertz CT molecular complexity index is 289. The zero-order chi connectivity index (χ0) is 13.1. The molecule has 0 amide bonds. The number of hydrogen-bond donors (Lipinski definition) is 0. The molecule has 0 aliphatic rings. The molecule has 0 radical (unpaired) electrons. The Morgan fingerprint density at radius 2 is 1.39 bits per heavy atom. The highest BCUT2D eigenvalue weighted by atomic mass is 14.9. The van der Waals surface area contributed by atoms with E-state index in [-0.39, 0.29) is 0 Å². The SMILES string of the molecule is CCCCCCCCc1cc[n+](CCCC)cc1. The van der Waals surface area contributed by atoms with Crippen molar-refractivity contribution in [2.45, 2.75) is 78.2 Å². The van der Waals surface area contributed by atoms with E-state index in [1.165, 1.54) is 63.4 Å². The third kappa shape index (κ3) is 6.78. The second-order valence-corrected chi connectivity index (χ2v) is 5.32. The number of aryl methyl sites for hydroxylation is 2. The number of pyridine rings is 1. The number of aromatic nitrogens is 1. The van der Waals surface area contributed by atoms with Crippen LogP contribution >= 0.6 is 0 Å². The van der Waals surface area contributed by atoms with Gasteiger partial charge in [0.05, 0.1) is 0 Å². The molecule has 0 fully saturated rings. The van der Waals surface area contributed by atoms with Gasteiger partial charge in [-0.15, -0.1) is 0 Å². The molecule has 1 nitrogen and oxygen atoms in total. The summed E-state index contributed by atoms with van der Waals surface area (Å²) in [4.78, 5) is 0. The fourth-order valence-electron chi connectivity index (χ4n) is 2.25. The molecule has 1 aromatic rings. The molecule has 1 aromatic heterocycles. The first-order valence-electron chi connectivity index (χ1n) is 7.84. The molecule has 102 valence electrons. The average molecular weight is 248 g/mol. The van der Waals surface area contributed by atoms with Crippen molar-refractivity contribution in [1.29, 1.82) is 0 Å². The van der Waals surface area contributed by atoms with Crippen LogP contribution in [0.1, 0.15) is 70.8 Å². The summed E-state index contributed by atoms with van der Waals surface area (Å²) in [5, 5.41) is 0. The average Bonchev–Trinajstić information content (AvgIpc) is 2.42. The van der Waals surface area contributed by atoms with Gasteiger partial charge in [0.15, 0.2) is 12.4 Å². The molecule has 1 rings (SSSR count). The highest BCUT2D eigenvalue weighted by Gasteiger charge is 2.00. The van der Waals surface area contributed by atoms with E-state index in [1.807, 2.05) is 0 Å². The lowest BCUT2D eigenvalue weighted by atomic mass is 10.1. The second kappa shape index (κ2) is 10.1. The maximum Gasteiger partial charge on any atom is 0.169 e. The van der Waals surface area contributed by atoms with Gasteiger partial charge in [0, 0.05) is 18.6 Å². The third-order valence-corrected chi connectivity index (χ3v) is 3.55. The van der Waals surface area contributed by atoms with Crippen LogP contribution in [0.5, 0.6) is 0 Å². The van der Waals surface area contributed by atoms with Gasteiger partial charge < -0.3 is 0 Å². The molecule has 0 spiro atoms. The molecule has 0 bridgehead atoms. The molecule has 0 aromatic carbocycles. The van der Waals surface area contributed by atoms with Gasteiger partial charge in [-0.2, -0.15) is 0 Å². The van der Waals surface area contributed by atoms with Crippen molar-refractivity contribution in [2.75, 3.05) is 0 Å². The van der Waals surface area contributed by atoms with E-state index >= 15 is 0 Å². The van der Waals surface area contributed by atoms with Gasteiger partial charge in [0.2, 0.25) is 0 Å². The summed E-state index contributed by atoms with van der Waals surface area (Å²) in [6, 6.07) is 4.59. The molecule has 0 saturated carbocycles. The first-order valence-corrected chi connectivity index (χ1v) is 7.84. The second-order valence-electron chi connectivity index (χ2n) is 5.32. The van der Waals surface area contributed by atoms with Crippen LogP contribution in [0.25, 0.3) is 0 Å². The fraction of sp³-hybridized carbons (Fsp3) is 0.706. The zero-order valence-corrected chi connectivity index (χ0v) is 12.3. The molecule has 1 heterocycles. The van der Waals surface area contributed by atoms with E-state index in [0.29, 0.717) is 0 Å². The van der Waals surface area contributed by atoms with Gasteiger partial charge in [0.25, 0.3) is 0 Å². The Hall–Kier alpha value is -0.850. The predicted octanol–water partition coefficient (Wildman–Crippen LogP) is 4.68. The van der Waals surface area contributed by atoms with Gasteiger partial charge in [-0.05, 0) is 18.4 Å². The number of rotatable bonds is 10. The number of hydrogen-bond acceptors (Lipinski definition) is 0. The van der Waals surface area contributed by atoms with Crippen LogP contribution in [0.15, 0.2) is 24.5 Å². The van der Waals surface area contributed by atoms with Gasteiger partial charge in [-0.3, -0.25) is 0 Å². The summed E-state index contributed by atoms with van der Waals surface area (Å²) >= 11 is 0. The van der Waals surface area contributed by atoms with Gasteiger partial charge >= 0.3 is 0 Å². The Morgan fingerprint density at radius 1 is 0.778 bits per heavy atom. The Balaban J connectivity index is 2.14. The van der Waals surface area contributed by atoms with Crippen LogP contribution in [0.2, 0.25) is 0 Å². The Labute approximate surface area is 113 Å². The van der Waals surface area contributed by atoms with Crippen LogP contribution < -0.4 is 4.57 Å². The minimum absolute atomic E-state index is 1.16. The lowest BCUT2D eigenvalue weighted by Gasteiger charge is -2.02. The van der Waals surface area contributed by atoms with Crippen molar-refractivity contribution in [1.82, 2.24) is 0 Å². The van der Waals surface area contributed by atoms with Crippen molar-refractivity contribution in [2.24, 2.45) is 0 Å². The monoisotopic (exact) mass is 248 g/mol. The van der Waals surface area contributed by atoms with Crippen molar-refractivity contribution < 1.29 is 4.57 Å². The summed E-state index contributed by atoms with van der Waals surface area (Å²) in [7, 11) is 0. The molecule has 0 aliphatic heterocycles. The first-order chi connectivity index (χ1) is 8.86. The van der Waals surface area contributed by atoms with Crippen molar-refractivity contribution in [3.05, 3.63) is 30.1 Å². The van der Waals surface area contributed by atoms with E-state index in [9.17, 15) is 0 Å². The molecular formula is C17H30N+. The summed E-state index contributed by atoms with van der Waals surface area (Å²) in [5.74, 6) is 0. The largest absolute Gasteiger partial charge is 0.205 e. The number of nitrogens with zero attached hydrogens (tertiary/aromatic N) is 1. The lowest BCUT2D eigenvalue weighted by molar-refractivity contribution is -0.697. The summed E-state index contributed by atoms with van der Waals surface area (Å²) < 4.78 is 2.30. The quantitative estimate of drug-likeness (QED) is 0.418. The van der Waals surface area contributed by atoms with Crippen molar-refractivity contribution in [3.63, 3.8) is 0 Å². The highest BCUT2D eigenvalue weighted by molar-refractivity contribution is 5.07. The van der Waals surface area contributed by atoms with E-state index < -0.39 is 0 Å². The summed E-state index contributed by atoms with van der Waals surface area (Å²) in [5.41, 5.74) is 1.50. The van der Waals surface area contributed by atoms with Crippen molar-refractivity contribution >= 4 is 0 Å². The molecule has 0 unspecified atom stereocenters. The van der Waals surface area contributed by atoms with Crippen molar-refractivity contribution in [3.8, 4) is 0 Å². The highest BCUT2D eigenvalue weighted by Crippen LogP contribution is 2.08. The van der Waals surface area contributed by atoms with Gasteiger partial charge in [-0.25, -0.2) is 4.57 Å². The molecule has 1 heteroatoms. The minimum atomic E-state index is 1.16. The Kier molecular flexibility index (Phi) is 8.54. The van der Waals surface area contributed by atoms with E-state index in [4.69, 9.17) is 0 Å². The summed E-state index contributed by atoms with van der Waals surface area (Å²) in [6.07, 6.45) is 16.6.